The van der Waals surface area contributed by atoms with Gasteiger partial charge in [0.15, 0.2) is 11.5 Å². The molecule has 2 aromatic carbocycles. The number of hydrogen-bond donors (Lipinski definition) is 3. The van der Waals surface area contributed by atoms with E-state index in [9.17, 15) is 18.4 Å². The van der Waals surface area contributed by atoms with Gasteiger partial charge in [-0.25, -0.2) is 9.59 Å². The summed E-state index contributed by atoms with van der Waals surface area (Å²) in [5.74, 6) is -0.884. The fraction of sp³-hybridized carbons (Fsp3) is 0.263. The molecule has 0 bridgehead atoms. The molecule has 0 heterocycles. The molecule has 7 nitrogen and oxygen atoms in total. The zero-order chi connectivity index (χ0) is 20.5. The van der Waals surface area contributed by atoms with Crippen LogP contribution < -0.4 is 20.1 Å². The fourth-order valence-corrected chi connectivity index (χ4v) is 2.40. The highest BCUT2D eigenvalue weighted by Crippen LogP contribution is 2.29. The number of carbonyl (C=O) groups excluding carboxylic acids is 1. The highest BCUT2D eigenvalue weighted by Gasteiger charge is 2.11. The first-order valence-electron chi connectivity index (χ1n) is 8.34. The van der Waals surface area contributed by atoms with Crippen LogP contribution in [0.25, 0.3) is 0 Å². The molecule has 0 aliphatic rings. The Hall–Kier alpha value is -3.36. The van der Waals surface area contributed by atoms with Gasteiger partial charge in [-0.15, -0.1) is 0 Å². The van der Waals surface area contributed by atoms with E-state index in [4.69, 9.17) is 9.84 Å². The van der Waals surface area contributed by atoms with Gasteiger partial charge in [-0.05, 0) is 41.8 Å². The van der Waals surface area contributed by atoms with Crippen molar-refractivity contribution in [1.82, 2.24) is 10.6 Å². The van der Waals surface area contributed by atoms with Crippen LogP contribution in [0.4, 0.5) is 13.6 Å². The predicted octanol–water partition coefficient (Wildman–Crippen LogP) is 3.04. The number of alkyl halides is 2. The number of amides is 2. The molecule has 0 saturated heterocycles. The van der Waals surface area contributed by atoms with Crippen LogP contribution in [0.1, 0.15) is 21.5 Å². The van der Waals surface area contributed by atoms with Crippen LogP contribution >= 0.6 is 0 Å². The number of methoxy groups -OCH3 is 1. The third kappa shape index (κ3) is 6.42. The van der Waals surface area contributed by atoms with Crippen molar-refractivity contribution in [3.63, 3.8) is 0 Å². The largest absolute Gasteiger partial charge is 0.493 e. The maximum atomic E-state index is 12.4. The van der Waals surface area contributed by atoms with Crippen LogP contribution in [0.5, 0.6) is 11.5 Å². The Bertz CT molecular complexity index is 812. The predicted molar refractivity (Wildman–Crippen MR) is 97.0 cm³/mol. The summed E-state index contributed by atoms with van der Waals surface area (Å²) in [6, 6.07) is 10.4. The molecule has 0 fully saturated rings. The zero-order valence-electron chi connectivity index (χ0n) is 15.1. The molecule has 28 heavy (non-hydrogen) atoms. The minimum absolute atomic E-state index is 0.0655. The molecule has 0 aliphatic carbocycles. The average molecular weight is 394 g/mol. The van der Waals surface area contributed by atoms with Gasteiger partial charge in [0.2, 0.25) is 0 Å². The molecular weight excluding hydrogens is 374 g/mol. The highest BCUT2D eigenvalue weighted by molar-refractivity contribution is 5.87. The molecule has 3 N–H and O–H groups in total. The summed E-state index contributed by atoms with van der Waals surface area (Å²) in [4.78, 5) is 22.6. The maximum absolute atomic E-state index is 12.4. The number of urea groups is 1. The second kappa shape index (κ2) is 10.1. The standard InChI is InChI=1S/C19H20F2N2O5/c1-27-15-7-4-12(10-16(15)28-18(20)21)8-9-22-19(26)23-11-13-2-5-14(6-3-13)17(24)25/h2-7,10,18H,8-9,11H2,1H3,(H,24,25)(H2,22,23,26). The van der Waals surface area contributed by atoms with Crippen molar-refractivity contribution in [2.24, 2.45) is 0 Å². The number of hydrogen-bond acceptors (Lipinski definition) is 4. The number of carboxylic acids is 1. The Balaban J connectivity index is 1.79. The maximum Gasteiger partial charge on any atom is 0.387 e. The van der Waals surface area contributed by atoms with Gasteiger partial charge in [-0.3, -0.25) is 0 Å². The molecular formula is C19H20F2N2O5. The van der Waals surface area contributed by atoms with E-state index < -0.39 is 18.6 Å². The van der Waals surface area contributed by atoms with Crippen LogP contribution in [0.3, 0.4) is 0 Å². The van der Waals surface area contributed by atoms with Crippen LogP contribution in [0.2, 0.25) is 0 Å². The van der Waals surface area contributed by atoms with Gasteiger partial charge in [0.1, 0.15) is 0 Å². The van der Waals surface area contributed by atoms with E-state index in [1.54, 1.807) is 18.2 Å². The number of nitrogens with one attached hydrogen (secondary N) is 2. The van der Waals surface area contributed by atoms with Crippen molar-refractivity contribution in [2.75, 3.05) is 13.7 Å². The van der Waals surface area contributed by atoms with E-state index in [0.717, 1.165) is 5.56 Å². The van der Waals surface area contributed by atoms with E-state index in [0.29, 0.717) is 12.0 Å². The Morgan fingerprint density at radius 2 is 1.71 bits per heavy atom. The Kier molecular flexibility index (Phi) is 7.55. The summed E-state index contributed by atoms with van der Waals surface area (Å²) in [6.45, 7) is -2.44. The van der Waals surface area contributed by atoms with Crippen molar-refractivity contribution >= 4 is 12.0 Å². The molecule has 0 saturated carbocycles. The normalized spacial score (nSPS) is 10.4. The van der Waals surface area contributed by atoms with Crippen molar-refractivity contribution in [2.45, 2.75) is 19.6 Å². The minimum Gasteiger partial charge on any atom is -0.493 e. The molecule has 2 amide bonds. The monoisotopic (exact) mass is 394 g/mol. The zero-order valence-corrected chi connectivity index (χ0v) is 15.1. The molecule has 0 atom stereocenters. The van der Waals surface area contributed by atoms with Crippen molar-refractivity contribution < 1.29 is 33.0 Å². The number of carbonyl (C=O) groups is 2. The SMILES string of the molecule is COc1ccc(CCNC(=O)NCc2ccc(C(=O)O)cc2)cc1OC(F)F. The lowest BCUT2D eigenvalue weighted by Crippen LogP contribution is -2.36. The van der Waals surface area contributed by atoms with Gasteiger partial charge in [-0.1, -0.05) is 18.2 Å². The van der Waals surface area contributed by atoms with Gasteiger partial charge in [-0.2, -0.15) is 8.78 Å². The lowest BCUT2D eigenvalue weighted by Gasteiger charge is -2.12. The van der Waals surface area contributed by atoms with Gasteiger partial charge in [0.05, 0.1) is 12.7 Å². The smallest absolute Gasteiger partial charge is 0.387 e. The summed E-state index contributed by atoms with van der Waals surface area (Å²) < 4.78 is 34.3. The Morgan fingerprint density at radius 3 is 2.32 bits per heavy atom. The summed E-state index contributed by atoms with van der Waals surface area (Å²) in [6.07, 6.45) is 0.407. The molecule has 9 heteroatoms. The summed E-state index contributed by atoms with van der Waals surface area (Å²) in [5.41, 5.74) is 1.62. The number of ether oxygens (including phenoxy) is 2. The highest BCUT2D eigenvalue weighted by atomic mass is 19.3. The molecule has 0 radical (unpaired) electrons. The average Bonchev–Trinajstić information content (AvgIpc) is 2.66. The first-order chi connectivity index (χ1) is 13.4. The number of halogens is 2. The van der Waals surface area contributed by atoms with Crippen LogP contribution in [0.15, 0.2) is 42.5 Å². The van der Waals surface area contributed by atoms with Gasteiger partial charge >= 0.3 is 18.6 Å². The molecule has 0 aliphatic heterocycles. The quantitative estimate of drug-likeness (QED) is 0.608. The van der Waals surface area contributed by atoms with Crippen LogP contribution in [-0.4, -0.2) is 37.4 Å². The summed E-state index contributed by atoms with van der Waals surface area (Å²) in [7, 11) is 1.36. The van der Waals surface area contributed by atoms with Crippen LogP contribution in [0, 0.1) is 0 Å². The first-order valence-corrected chi connectivity index (χ1v) is 8.34. The summed E-state index contributed by atoms with van der Waals surface area (Å²) in [5, 5.41) is 14.1. The second-order valence-corrected chi connectivity index (χ2v) is 5.73. The van der Waals surface area contributed by atoms with Crippen molar-refractivity contribution in [1.29, 1.82) is 0 Å². The second-order valence-electron chi connectivity index (χ2n) is 5.73. The number of rotatable bonds is 9. The number of carboxylic acid groups (broad SMARTS) is 1. The molecule has 0 unspecified atom stereocenters. The lowest BCUT2D eigenvalue weighted by molar-refractivity contribution is -0.0512. The number of benzene rings is 2. The van der Waals surface area contributed by atoms with Gasteiger partial charge < -0.3 is 25.2 Å². The molecule has 0 spiro atoms. The van der Waals surface area contributed by atoms with E-state index in [2.05, 4.69) is 15.4 Å². The lowest BCUT2D eigenvalue weighted by atomic mass is 10.1. The minimum atomic E-state index is -2.96. The van der Waals surface area contributed by atoms with Crippen LogP contribution in [-0.2, 0) is 13.0 Å². The molecule has 150 valence electrons. The van der Waals surface area contributed by atoms with E-state index in [1.165, 1.54) is 31.4 Å². The van der Waals surface area contributed by atoms with Gasteiger partial charge in [0.25, 0.3) is 0 Å². The summed E-state index contributed by atoms with van der Waals surface area (Å²) >= 11 is 0. The van der Waals surface area contributed by atoms with Gasteiger partial charge in [0, 0.05) is 13.1 Å². The Labute approximate surface area is 160 Å². The molecule has 2 rings (SSSR count). The topological polar surface area (TPSA) is 96.9 Å². The van der Waals surface area contributed by atoms with E-state index >= 15 is 0 Å². The van der Waals surface area contributed by atoms with E-state index in [1.807, 2.05) is 0 Å². The van der Waals surface area contributed by atoms with Crippen molar-refractivity contribution in [3.8, 4) is 11.5 Å². The van der Waals surface area contributed by atoms with E-state index in [-0.39, 0.29) is 30.2 Å². The number of aromatic carboxylic acids is 1. The molecule has 0 aromatic heterocycles. The third-order valence-electron chi connectivity index (χ3n) is 3.80. The first kappa shape index (κ1) is 20.9. The fourth-order valence-electron chi connectivity index (χ4n) is 2.40. The molecule has 2 aromatic rings. The third-order valence-corrected chi connectivity index (χ3v) is 3.80. The Morgan fingerprint density at radius 1 is 1.04 bits per heavy atom. The van der Waals surface area contributed by atoms with Crippen molar-refractivity contribution in [3.05, 3.63) is 59.2 Å².